The summed E-state index contributed by atoms with van der Waals surface area (Å²) in [7, 11) is 0. The topological polar surface area (TPSA) is 46.2 Å². The molecule has 0 aliphatic heterocycles. The minimum Gasteiger partial charge on any atom is -0.326 e. The molecular weight excluding hydrogens is 238 g/mol. The van der Waals surface area contributed by atoms with Crippen molar-refractivity contribution in [1.82, 2.24) is 0 Å². The monoisotopic (exact) mass is 253 g/mol. The number of anilines is 1. The number of Topliss-reactive ketones (excluding diaryl/α,β-unsaturated/α-hetero) is 1. The van der Waals surface area contributed by atoms with E-state index in [4.69, 9.17) is 11.6 Å². The van der Waals surface area contributed by atoms with Crippen molar-refractivity contribution in [1.29, 1.82) is 0 Å². The van der Waals surface area contributed by atoms with Gasteiger partial charge in [0.15, 0.2) is 5.78 Å². The van der Waals surface area contributed by atoms with Crippen molar-refractivity contribution in [3.8, 4) is 0 Å². The Morgan fingerprint density at radius 3 is 2.29 bits per heavy atom. The maximum Gasteiger partial charge on any atom is 0.231 e. The average molecular weight is 254 g/mol. The first kappa shape index (κ1) is 13.7. The van der Waals surface area contributed by atoms with E-state index >= 15 is 0 Å². The van der Waals surface area contributed by atoms with Crippen molar-refractivity contribution < 1.29 is 9.59 Å². The van der Waals surface area contributed by atoms with Gasteiger partial charge in [0.2, 0.25) is 5.91 Å². The van der Waals surface area contributed by atoms with E-state index in [0.717, 1.165) is 0 Å². The molecule has 1 aromatic carbocycles. The Bertz CT molecular complexity index is 398. The average Bonchev–Trinajstić information content (AvgIpc) is 2.29. The Kier molecular flexibility index (Phi) is 5.16. The lowest BCUT2D eigenvalue weighted by Crippen LogP contribution is -2.17. The third kappa shape index (κ3) is 4.57. The van der Waals surface area contributed by atoms with Gasteiger partial charge in [-0.15, -0.1) is 11.6 Å². The molecule has 0 radical (unpaired) electrons. The molecule has 4 heteroatoms. The lowest BCUT2D eigenvalue weighted by Gasteiger charge is -2.07. The van der Waals surface area contributed by atoms with Gasteiger partial charge in [0.05, 0.1) is 12.3 Å². The Morgan fingerprint density at radius 1 is 1.24 bits per heavy atom. The Labute approximate surface area is 106 Å². The number of hydrogen-bond donors (Lipinski definition) is 1. The number of amides is 1. The third-order valence-electron chi connectivity index (χ3n) is 2.37. The Balaban J connectivity index is 2.57. The molecule has 3 nitrogen and oxygen atoms in total. The van der Waals surface area contributed by atoms with E-state index in [-0.39, 0.29) is 24.0 Å². The molecule has 0 atom stereocenters. The second-order valence-corrected chi connectivity index (χ2v) is 4.44. The zero-order valence-electron chi connectivity index (χ0n) is 10.00. The molecule has 0 heterocycles. The van der Waals surface area contributed by atoms with Crippen LogP contribution in [0.3, 0.4) is 0 Å². The molecule has 1 aromatic rings. The Hall–Kier alpha value is -1.35. The highest BCUT2D eigenvalue weighted by Gasteiger charge is 2.08. The molecular formula is C13H16ClNO2. The number of rotatable bonds is 5. The molecule has 0 unspecified atom stereocenters. The standard InChI is InChI=1S/C13H16ClNO2/c1-9(2)10-3-5-11(6-4-10)15-13(17)7-12(16)8-14/h3-6,9H,7-8H2,1-2H3,(H,15,17). The van der Waals surface area contributed by atoms with Crippen LogP contribution in [0.2, 0.25) is 0 Å². The van der Waals surface area contributed by atoms with Crippen molar-refractivity contribution in [2.24, 2.45) is 0 Å². The van der Waals surface area contributed by atoms with Crippen LogP contribution >= 0.6 is 11.6 Å². The molecule has 1 amide bonds. The number of benzene rings is 1. The van der Waals surface area contributed by atoms with Crippen LogP contribution in [0.15, 0.2) is 24.3 Å². The van der Waals surface area contributed by atoms with Gasteiger partial charge in [-0.25, -0.2) is 0 Å². The van der Waals surface area contributed by atoms with Gasteiger partial charge in [-0.3, -0.25) is 9.59 Å². The quantitative estimate of drug-likeness (QED) is 0.648. The number of carbonyl (C=O) groups is 2. The molecule has 0 aliphatic carbocycles. The van der Waals surface area contributed by atoms with Crippen LogP contribution in [0, 0.1) is 0 Å². The minimum atomic E-state index is -0.326. The van der Waals surface area contributed by atoms with Crippen molar-refractivity contribution in [3.63, 3.8) is 0 Å². The lowest BCUT2D eigenvalue weighted by atomic mass is 10.0. The predicted molar refractivity (Wildman–Crippen MR) is 69.5 cm³/mol. The highest BCUT2D eigenvalue weighted by atomic mass is 35.5. The normalized spacial score (nSPS) is 10.4. The summed E-state index contributed by atoms with van der Waals surface area (Å²) < 4.78 is 0. The molecule has 0 fully saturated rings. The molecule has 0 aliphatic rings. The van der Waals surface area contributed by atoms with E-state index in [2.05, 4.69) is 19.2 Å². The van der Waals surface area contributed by atoms with Crippen molar-refractivity contribution in [3.05, 3.63) is 29.8 Å². The number of hydrogen-bond acceptors (Lipinski definition) is 2. The first-order valence-corrected chi connectivity index (χ1v) is 6.04. The SMILES string of the molecule is CC(C)c1ccc(NC(=O)CC(=O)CCl)cc1. The first-order valence-electron chi connectivity index (χ1n) is 5.50. The molecule has 1 N–H and O–H groups in total. The second-order valence-electron chi connectivity index (χ2n) is 4.17. The largest absolute Gasteiger partial charge is 0.326 e. The van der Waals surface area contributed by atoms with Crippen LogP contribution in [0.25, 0.3) is 0 Å². The maximum atomic E-state index is 11.4. The van der Waals surface area contributed by atoms with Crippen LogP contribution in [-0.4, -0.2) is 17.6 Å². The molecule has 0 saturated carbocycles. The first-order chi connectivity index (χ1) is 8.02. The fraction of sp³-hybridized carbons (Fsp3) is 0.385. The fourth-order valence-electron chi connectivity index (χ4n) is 1.38. The molecule has 1 rings (SSSR count). The number of alkyl halides is 1. The van der Waals surface area contributed by atoms with Gasteiger partial charge in [-0.1, -0.05) is 26.0 Å². The van der Waals surface area contributed by atoms with E-state index in [0.29, 0.717) is 11.6 Å². The number of ketones is 1. The molecule has 0 aromatic heterocycles. The summed E-state index contributed by atoms with van der Waals surface area (Å²) in [4.78, 5) is 22.4. The lowest BCUT2D eigenvalue weighted by molar-refractivity contribution is -0.124. The predicted octanol–water partition coefficient (Wildman–Crippen LogP) is 2.95. The zero-order valence-corrected chi connectivity index (χ0v) is 10.8. The van der Waals surface area contributed by atoms with Crippen LogP contribution in [0.5, 0.6) is 0 Å². The molecule has 17 heavy (non-hydrogen) atoms. The van der Waals surface area contributed by atoms with Gasteiger partial charge in [-0.2, -0.15) is 0 Å². The van der Waals surface area contributed by atoms with E-state index in [1.807, 2.05) is 24.3 Å². The molecule has 92 valence electrons. The van der Waals surface area contributed by atoms with E-state index in [1.165, 1.54) is 5.56 Å². The van der Waals surface area contributed by atoms with Crippen molar-refractivity contribution in [2.75, 3.05) is 11.2 Å². The van der Waals surface area contributed by atoms with Gasteiger partial charge < -0.3 is 5.32 Å². The van der Waals surface area contributed by atoms with Crippen LogP contribution in [0.4, 0.5) is 5.69 Å². The fourth-order valence-corrected chi connectivity index (χ4v) is 1.48. The summed E-state index contributed by atoms with van der Waals surface area (Å²) in [5.41, 5.74) is 1.90. The van der Waals surface area contributed by atoms with E-state index in [1.54, 1.807) is 0 Å². The van der Waals surface area contributed by atoms with Crippen molar-refractivity contribution in [2.45, 2.75) is 26.2 Å². The smallest absolute Gasteiger partial charge is 0.231 e. The minimum absolute atomic E-state index is 0.125. The van der Waals surface area contributed by atoms with Crippen LogP contribution in [0.1, 0.15) is 31.7 Å². The number of carbonyl (C=O) groups excluding carboxylic acids is 2. The van der Waals surface area contributed by atoms with E-state index < -0.39 is 0 Å². The van der Waals surface area contributed by atoms with Gasteiger partial charge in [-0.05, 0) is 23.6 Å². The van der Waals surface area contributed by atoms with Crippen LogP contribution < -0.4 is 5.32 Å². The summed E-state index contributed by atoms with van der Waals surface area (Å²) in [6, 6.07) is 7.59. The summed E-state index contributed by atoms with van der Waals surface area (Å²) in [5.74, 6) is -0.270. The van der Waals surface area contributed by atoms with Gasteiger partial charge >= 0.3 is 0 Å². The highest BCUT2D eigenvalue weighted by Crippen LogP contribution is 2.17. The Morgan fingerprint density at radius 2 is 1.82 bits per heavy atom. The summed E-state index contributed by atoms with van der Waals surface area (Å²) >= 11 is 5.33. The third-order valence-corrected chi connectivity index (χ3v) is 2.67. The van der Waals surface area contributed by atoms with Crippen molar-refractivity contribution >= 4 is 29.0 Å². The molecule has 0 spiro atoms. The summed E-state index contributed by atoms with van der Waals surface area (Å²) in [5, 5.41) is 2.65. The summed E-state index contributed by atoms with van der Waals surface area (Å²) in [6.07, 6.45) is -0.171. The maximum absolute atomic E-state index is 11.4. The number of halogens is 1. The van der Waals surface area contributed by atoms with Gasteiger partial charge in [0, 0.05) is 5.69 Å². The second kappa shape index (κ2) is 6.40. The molecule has 0 bridgehead atoms. The van der Waals surface area contributed by atoms with Gasteiger partial charge in [0.1, 0.15) is 0 Å². The number of nitrogens with one attached hydrogen (secondary N) is 1. The van der Waals surface area contributed by atoms with Crippen LogP contribution in [-0.2, 0) is 9.59 Å². The molecule has 0 saturated heterocycles. The highest BCUT2D eigenvalue weighted by molar-refractivity contribution is 6.29. The van der Waals surface area contributed by atoms with E-state index in [9.17, 15) is 9.59 Å². The van der Waals surface area contributed by atoms with Gasteiger partial charge in [0.25, 0.3) is 0 Å². The summed E-state index contributed by atoms with van der Waals surface area (Å²) in [6.45, 7) is 4.21. The zero-order chi connectivity index (χ0) is 12.8.